The van der Waals surface area contributed by atoms with Crippen molar-refractivity contribution in [3.05, 3.63) is 0 Å². The summed E-state index contributed by atoms with van der Waals surface area (Å²) in [6, 6.07) is 0.958. The highest BCUT2D eigenvalue weighted by Gasteiger charge is 2.51. The van der Waals surface area contributed by atoms with Crippen LogP contribution in [-0.4, -0.2) is 52.9 Å². The van der Waals surface area contributed by atoms with Crippen LogP contribution in [0.2, 0.25) is 11.7 Å². The summed E-state index contributed by atoms with van der Waals surface area (Å²) in [5, 5.41) is 0. The first-order chi connectivity index (χ1) is 11.1. The van der Waals surface area contributed by atoms with Gasteiger partial charge < -0.3 is 22.1 Å². The van der Waals surface area contributed by atoms with Crippen LogP contribution in [0, 0.1) is 0 Å². The van der Waals surface area contributed by atoms with Crippen molar-refractivity contribution in [3.8, 4) is 0 Å². The summed E-state index contributed by atoms with van der Waals surface area (Å²) in [6.45, 7) is 2.25. The van der Waals surface area contributed by atoms with Crippen LogP contribution in [0.15, 0.2) is 0 Å². The molecule has 0 rings (SSSR count). The molecule has 0 heterocycles. The second-order valence-corrected chi connectivity index (χ2v) is 13.2. The SMILES string of the molecule is CCCCCCCCCC[Si](C[Si](OC)(OC)OC)(OC)OC. The number of unbranched alkanes of at least 4 members (excludes halogenated alkanes) is 7. The summed E-state index contributed by atoms with van der Waals surface area (Å²) in [7, 11) is 3.38. The molecule has 0 unspecified atom stereocenters. The van der Waals surface area contributed by atoms with Crippen molar-refractivity contribution in [1.29, 1.82) is 0 Å². The van der Waals surface area contributed by atoms with E-state index in [0.717, 1.165) is 12.5 Å². The molecule has 0 radical (unpaired) electrons. The minimum absolute atomic E-state index is 0.632. The fourth-order valence-corrected chi connectivity index (χ4v) is 10.9. The normalized spacial score (nSPS) is 12.8. The highest BCUT2D eigenvalue weighted by molar-refractivity contribution is 6.83. The second kappa shape index (κ2) is 13.5. The van der Waals surface area contributed by atoms with E-state index >= 15 is 0 Å². The number of hydrogen-bond acceptors (Lipinski definition) is 5. The Labute approximate surface area is 145 Å². The lowest BCUT2D eigenvalue weighted by atomic mass is 10.1. The molecule has 0 bridgehead atoms. The molecule has 0 aromatic rings. The Kier molecular flexibility index (Phi) is 13.7. The average molecular weight is 367 g/mol. The Morgan fingerprint density at radius 3 is 1.39 bits per heavy atom. The minimum Gasteiger partial charge on any atom is -0.398 e. The van der Waals surface area contributed by atoms with Gasteiger partial charge in [0.1, 0.15) is 0 Å². The van der Waals surface area contributed by atoms with E-state index in [4.69, 9.17) is 22.1 Å². The third kappa shape index (κ3) is 8.76. The molecule has 0 fully saturated rings. The lowest BCUT2D eigenvalue weighted by Crippen LogP contribution is -2.54. The van der Waals surface area contributed by atoms with Gasteiger partial charge in [-0.15, -0.1) is 0 Å². The van der Waals surface area contributed by atoms with E-state index in [2.05, 4.69) is 6.92 Å². The Bertz CT molecular complexity index is 263. The molecular weight excluding hydrogens is 328 g/mol. The molecule has 7 heteroatoms. The fourth-order valence-electron chi connectivity index (χ4n) is 2.84. The molecule has 0 N–H and O–H groups in total. The summed E-state index contributed by atoms with van der Waals surface area (Å²) in [4.78, 5) is 0. The predicted molar refractivity (Wildman–Crippen MR) is 98.8 cm³/mol. The topological polar surface area (TPSA) is 46.2 Å². The Morgan fingerprint density at radius 2 is 1.00 bits per heavy atom. The van der Waals surface area contributed by atoms with Crippen molar-refractivity contribution in [2.75, 3.05) is 35.5 Å². The molecule has 0 aliphatic rings. The molecule has 0 atom stereocenters. The molecule has 0 aromatic heterocycles. The highest BCUT2D eigenvalue weighted by Crippen LogP contribution is 2.28. The number of rotatable bonds is 16. The summed E-state index contributed by atoms with van der Waals surface area (Å²) in [5.41, 5.74) is 0.632. The maximum Gasteiger partial charge on any atom is 0.502 e. The quantitative estimate of drug-likeness (QED) is 0.301. The van der Waals surface area contributed by atoms with Crippen LogP contribution >= 0.6 is 0 Å². The van der Waals surface area contributed by atoms with Crippen molar-refractivity contribution in [2.45, 2.75) is 70.0 Å². The molecular formula is C16H38O5Si2. The van der Waals surface area contributed by atoms with E-state index in [-0.39, 0.29) is 0 Å². The average Bonchev–Trinajstić information content (AvgIpc) is 2.61. The number of hydrogen-bond donors (Lipinski definition) is 0. The molecule has 0 aliphatic carbocycles. The van der Waals surface area contributed by atoms with Crippen molar-refractivity contribution in [3.63, 3.8) is 0 Å². The Hall–Kier alpha value is 0.234. The maximum absolute atomic E-state index is 5.82. The minimum atomic E-state index is -2.67. The zero-order valence-corrected chi connectivity index (χ0v) is 18.1. The lowest BCUT2D eigenvalue weighted by Gasteiger charge is -2.34. The van der Waals surface area contributed by atoms with Gasteiger partial charge in [0.15, 0.2) is 0 Å². The molecule has 0 saturated heterocycles. The Morgan fingerprint density at radius 1 is 0.565 bits per heavy atom. The van der Waals surface area contributed by atoms with Crippen LogP contribution in [0.25, 0.3) is 0 Å². The molecule has 0 amide bonds. The van der Waals surface area contributed by atoms with Crippen LogP contribution in [0.5, 0.6) is 0 Å². The van der Waals surface area contributed by atoms with Gasteiger partial charge in [0.2, 0.25) is 0 Å². The van der Waals surface area contributed by atoms with E-state index in [1.165, 1.54) is 44.9 Å². The van der Waals surface area contributed by atoms with Gasteiger partial charge in [0, 0.05) is 35.5 Å². The van der Waals surface area contributed by atoms with Gasteiger partial charge >= 0.3 is 17.4 Å². The van der Waals surface area contributed by atoms with Gasteiger partial charge in [0.25, 0.3) is 0 Å². The molecule has 0 aliphatic heterocycles. The van der Waals surface area contributed by atoms with E-state index in [1.54, 1.807) is 35.5 Å². The van der Waals surface area contributed by atoms with Crippen LogP contribution in [0.1, 0.15) is 58.3 Å². The van der Waals surface area contributed by atoms with Crippen LogP contribution < -0.4 is 0 Å². The standard InChI is InChI=1S/C16H38O5Si2/c1-7-8-9-10-11-12-13-14-15-22(17-2,18-3)16-23(19-4,20-5)21-6/h7-16H2,1-6H3. The Balaban J connectivity index is 4.28. The van der Waals surface area contributed by atoms with E-state index in [9.17, 15) is 0 Å². The maximum atomic E-state index is 5.82. The largest absolute Gasteiger partial charge is 0.502 e. The van der Waals surface area contributed by atoms with Crippen molar-refractivity contribution < 1.29 is 22.1 Å². The van der Waals surface area contributed by atoms with Gasteiger partial charge in [-0.2, -0.15) is 0 Å². The van der Waals surface area contributed by atoms with Gasteiger partial charge in [-0.05, 0) is 6.04 Å². The molecule has 23 heavy (non-hydrogen) atoms. The summed E-state index contributed by atoms with van der Waals surface area (Å²) < 4.78 is 28.3. The van der Waals surface area contributed by atoms with Crippen LogP contribution in [0.3, 0.4) is 0 Å². The van der Waals surface area contributed by atoms with Crippen LogP contribution in [-0.2, 0) is 22.1 Å². The van der Waals surface area contributed by atoms with E-state index in [1.807, 2.05) is 0 Å². The predicted octanol–water partition coefficient (Wildman–Crippen LogP) is 4.28. The fraction of sp³-hybridized carbons (Fsp3) is 1.00. The molecule has 0 aromatic carbocycles. The van der Waals surface area contributed by atoms with Crippen molar-refractivity contribution in [1.82, 2.24) is 0 Å². The van der Waals surface area contributed by atoms with Gasteiger partial charge in [-0.1, -0.05) is 58.3 Å². The first-order valence-corrected chi connectivity index (χ1v) is 13.0. The van der Waals surface area contributed by atoms with Crippen molar-refractivity contribution in [2.24, 2.45) is 0 Å². The second-order valence-electron chi connectivity index (χ2n) is 6.02. The monoisotopic (exact) mass is 366 g/mol. The molecule has 0 saturated carbocycles. The molecule has 5 nitrogen and oxygen atoms in total. The van der Waals surface area contributed by atoms with E-state index < -0.39 is 17.4 Å². The summed E-state index contributed by atoms with van der Waals surface area (Å²) in [5.74, 6) is 0. The van der Waals surface area contributed by atoms with Gasteiger partial charge in [-0.3, -0.25) is 0 Å². The van der Waals surface area contributed by atoms with E-state index in [0.29, 0.717) is 5.67 Å². The highest BCUT2D eigenvalue weighted by atomic mass is 28.4. The third-order valence-corrected chi connectivity index (χ3v) is 12.9. The van der Waals surface area contributed by atoms with Crippen LogP contribution in [0.4, 0.5) is 0 Å². The summed E-state index contributed by atoms with van der Waals surface area (Å²) in [6.07, 6.45) is 10.4. The smallest absolute Gasteiger partial charge is 0.398 e. The van der Waals surface area contributed by atoms with Gasteiger partial charge in [0.05, 0.1) is 5.67 Å². The third-order valence-electron chi connectivity index (χ3n) is 4.57. The molecule has 0 spiro atoms. The van der Waals surface area contributed by atoms with Gasteiger partial charge in [-0.25, -0.2) is 0 Å². The lowest BCUT2D eigenvalue weighted by molar-refractivity contribution is 0.122. The first kappa shape index (κ1) is 23.2. The molecule has 140 valence electrons. The zero-order valence-electron chi connectivity index (χ0n) is 16.1. The summed E-state index contributed by atoms with van der Waals surface area (Å²) >= 11 is 0. The first-order valence-electron chi connectivity index (χ1n) is 8.83. The zero-order chi connectivity index (χ0) is 17.6. The van der Waals surface area contributed by atoms with Crippen molar-refractivity contribution >= 4 is 17.4 Å².